The van der Waals surface area contributed by atoms with Crippen molar-refractivity contribution in [2.24, 2.45) is 0 Å². The average molecular weight is 690 g/mol. The van der Waals surface area contributed by atoms with Crippen LogP contribution in [0.5, 0.6) is 0 Å². The van der Waals surface area contributed by atoms with Crippen LogP contribution in [0.3, 0.4) is 0 Å². The first-order valence-corrected chi connectivity index (χ1v) is 18.6. The maximum atomic E-state index is 4.81. The molecule has 228 valence electrons. The summed E-state index contributed by atoms with van der Waals surface area (Å²) in [4.78, 5) is 8.34. The third-order valence-electron chi connectivity index (χ3n) is 7.08. The van der Waals surface area contributed by atoms with Crippen molar-refractivity contribution < 1.29 is 15.9 Å². The molecule has 0 unspecified atom stereocenters. The maximum absolute atomic E-state index is 4.81. The molecule has 1 aliphatic rings. The molecule has 0 saturated carbocycles. The first-order chi connectivity index (χ1) is 19.6. The number of anilines is 2. The van der Waals surface area contributed by atoms with E-state index in [-0.39, 0.29) is 15.9 Å². The normalized spacial score (nSPS) is 12.9. The van der Waals surface area contributed by atoms with Crippen molar-refractivity contribution in [3.05, 3.63) is 96.4 Å². The molecular formula is C34H48Cl2N4Pd. The fourth-order valence-corrected chi connectivity index (χ4v) is 4.90. The summed E-state index contributed by atoms with van der Waals surface area (Å²) in [5, 5.41) is 0. The average Bonchev–Trinajstić information content (AvgIpc) is 3.64. The summed E-state index contributed by atoms with van der Waals surface area (Å²) in [7, 11) is 9.63. The van der Waals surface area contributed by atoms with Gasteiger partial charge in [0.05, 0.1) is 17.7 Å². The molecule has 0 N–H and O–H groups in total. The molecule has 0 bridgehead atoms. The van der Waals surface area contributed by atoms with Gasteiger partial charge in [-0.25, -0.2) is 4.98 Å². The minimum atomic E-state index is -0.106. The van der Waals surface area contributed by atoms with Crippen LogP contribution in [0.15, 0.2) is 67.5 Å². The Bertz CT molecular complexity index is 1070. The second kappa shape index (κ2) is 18.0. The molecule has 3 aromatic rings. The monoisotopic (exact) mass is 688 g/mol. The molecule has 0 aliphatic carbocycles. The molecule has 1 aromatic heterocycles. The van der Waals surface area contributed by atoms with E-state index in [1.807, 2.05) is 18.7 Å². The fraction of sp³-hybridized carbons (Fsp3) is 0.471. The molecular weight excluding hydrogens is 642 g/mol. The summed E-state index contributed by atoms with van der Waals surface area (Å²) >= 11 is -0.106. The van der Waals surface area contributed by atoms with Gasteiger partial charge in [-0.05, 0) is 52.3 Å². The molecule has 2 radical (unpaired) electrons. The Morgan fingerprint density at radius 2 is 1.12 bits per heavy atom. The SMILES string of the molecule is CC(C)c1cccc(C(C)C)c1N1[C]N(c2c(C(C)C)cccc2C(C)C)C=C1.CCCCn1ccnc1.[Cl][Pd][Cl]. The Labute approximate surface area is 266 Å². The number of hydrogen-bond donors (Lipinski definition) is 0. The van der Waals surface area contributed by atoms with Gasteiger partial charge in [-0.3, -0.25) is 0 Å². The van der Waals surface area contributed by atoms with E-state index in [2.05, 4.69) is 137 Å². The van der Waals surface area contributed by atoms with Crippen molar-refractivity contribution in [2.45, 2.75) is 105 Å². The first-order valence-electron chi connectivity index (χ1n) is 14.6. The number of aryl methyl sites for hydroxylation is 1. The fourth-order valence-electron chi connectivity index (χ4n) is 4.90. The van der Waals surface area contributed by atoms with Gasteiger partial charge < -0.3 is 14.4 Å². The van der Waals surface area contributed by atoms with Crippen LogP contribution in [0.1, 0.15) is 121 Å². The molecule has 7 heteroatoms. The van der Waals surface area contributed by atoms with Crippen molar-refractivity contribution in [3.8, 4) is 0 Å². The van der Waals surface area contributed by atoms with Gasteiger partial charge >= 0.3 is 35.0 Å². The van der Waals surface area contributed by atoms with Crippen LogP contribution >= 0.6 is 19.1 Å². The number of unbranched alkanes of at least 4 members (excludes halogenated alkanes) is 1. The Morgan fingerprint density at radius 1 is 0.732 bits per heavy atom. The van der Waals surface area contributed by atoms with Crippen LogP contribution in [-0.4, -0.2) is 9.55 Å². The summed E-state index contributed by atoms with van der Waals surface area (Å²) in [6.07, 6.45) is 12.5. The second-order valence-corrected chi connectivity index (χ2v) is 13.9. The van der Waals surface area contributed by atoms with Crippen molar-refractivity contribution in [3.63, 3.8) is 0 Å². The molecule has 2 heterocycles. The minimum absolute atomic E-state index is 0.106. The van der Waals surface area contributed by atoms with Crippen LogP contribution in [0.2, 0.25) is 0 Å². The number of benzene rings is 2. The molecule has 1 aliphatic heterocycles. The van der Waals surface area contributed by atoms with Gasteiger partial charge in [0, 0.05) is 31.3 Å². The van der Waals surface area contributed by atoms with Crippen LogP contribution < -0.4 is 9.80 Å². The van der Waals surface area contributed by atoms with E-state index in [4.69, 9.17) is 19.1 Å². The van der Waals surface area contributed by atoms with Crippen molar-refractivity contribution in [1.82, 2.24) is 9.55 Å². The Kier molecular flexibility index (Phi) is 15.6. The van der Waals surface area contributed by atoms with E-state index in [9.17, 15) is 0 Å². The van der Waals surface area contributed by atoms with Crippen molar-refractivity contribution in [2.75, 3.05) is 9.80 Å². The molecule has 4 nitrogen and oxygen atoms in total. The standard InChI is InChI=1S/C27H36N2.C7H12N2.2ClH.Pd/c1-18(2)22-11-9-12-23(19(3)4)26(22)28-15-16-29(17-28)27-24(20(5)6)13-10-14-25(27)21(7)8;1-2-3-5-9-6-4-8-7-9;;;/h9-16,18-21H,1-8H3;4,6-7H,2-3,5H2,1H3;2*1H;/q;;;;+2/p-2. The topological polar surface area (TPSA) is 24.3 Å². The van der Waals surface area contributed by atoms with Gasteiger partial charge in [-0.15, -0.1) is 0 Å². The predicted molar refractivity (Wildman–Crippen MR) is 175 cm³/mol. The Balaban J connectivity index is 0.000000408. The van der Waals surface area contributed by atoms with Gasteiger partial charge in [-0.1, -0.05) is 105 Å². The number of nitrogens with zero attached hydrogens (tertiary/aromatic N) is 4. The van der Waals surface area contributed by atoms with Crippen LogP contribution in [0.25, 0.3) is 0 Å². The molecule has 0 saturated heterocycles. The zero-order chi connectivity index (χ0) is 30.5. The number of aromatic nitrogens is 2. The van der Waals surface area contributed by atoms with E-state index in [1.54, 1.807) is 0 Å². The van der Waals surface area contributed by atoms with Crippen LogP contribution in [0, 0.1) is 6.67 Å². The number of halogens is 2. The number of imidazole rings is 1. The third-order valence-corrected chi connectivity index (χ3v) is 7.08. The molecule has 41 heavy (non-hydrogen) atoms. The summed E-state index contributed by atoms with van der Waals surface area (Å²) < 4.78 is 2.10. The van der Waals surface area contributed by atoms with E-state index in [1.165, 1.54) is 46.5 Å². The summed E-state index contributed by atoms with van der Waals surface area (Å²) in [5.41, 5.74) is 8.05. The summed E-state index contributed by atoms with van der Waals surface area (Å²) in [5.74, 6) is 1.84. The molecule has 0 fully saturated rings. The van der Waals surface area contributed by atoms with E-state index < -0.39 is 0 Å². The van der Waals surface area contributed by atoms with Crippen LogP contribution in [-0.2, 0) is 22.5 Å². The zero-order valence-electron chi connectivity index (χ0n) is 26.1. The van der Waals surface area contributed by atoms with Gasteiger partial charge in [0.25, 0.3) is 0 Å². The molecule has 2 aromatic carbocycles. The molecule has 4 rings (SSSR count). The number of hydrogen-bond acceptors (Lipinski definition) is 3. The Morgan fingerprint density at radius 3 is 1.41 bits per heavy atom. The van der Waals surface area contributed by atoms with E-state index in [0.29, 0.717) is 23.7 Å². The van der Waals surface area contributed by atoms with E-state index >= 15 is 0 Å². The number of para-hydroxylation sites is 2. The Hall–Kier alpha value is -1.77. The second-order valence-electron chi connectivity index (χ2n) is 11.5. The summed E-state index contributed by atoms with van der Waals surface area (Å²) in [6.45, 7) is 25.1. The van der Waals surface area contributed by atoms with Gasteiger partial charge in [-0.2, -0.15) is 0 Å². The number of rotatable bonds is 9. The van der Waals surface area contributed by atoms with Crippen LogP contribution in [0.4, 0.5) is 11.4 Å². The van der Waals surface area contributed by atoms with Crippen molar-refractivity contribution in [1.29, 1.82) is 0 Å². The van der Waals surface area contributed by atoms with Gasteiger partial charge in [0.15, 0.2) is 0 Å². The molecule has 0 atom stereocenters. The van der Waals surface area contributed by atoms with Gasteiger partial charge in [0.1, 0.15) is 0 Å². The van der Waals surface area contributed by atoms with E-state index in [0.717, 1.165) is 6.54 Å². The molecule has 0 amide bonds. The predicted octanol–water partition coefficient (Wildman–Crippen LogP) is 11.0. The summed E-state index contributed by atoms with van der Waals surface area (Å²) in [6, 6.07) is 13.4. The van der Waals surface area contributed by atoms with Gasteiger partial charge in [0.2, 0.25) is 6.67 Å². The van der Waals surface area contributed by atoms with Crippen molar-refractivity contribution >= 4 is 30.4 Å². The zero-order valence-corrected chi connectivity index (χ0v) is 29.2. The molecule has 0 spiro atoms. The quantitative estimate of drug-likeness (QED) is 0.209. The first kappa shape index (κ1) is 35.4. The third kappa shape index (κ3) is 10.2.